The van der Waals surface area contributed by atoms with E-state index in [1.165, 1.54) is 6.20 Å². The van der Waals surface area contributed by atoms with Gasteiger partial charge < -0.3 is 10.4 Å². The molecule has 2 atom stereocenters. The Kier molecular flexibility index (Phi) is 3.25. The molecule has 0 radical (unpaired) electrons. The first kappa shape index (κ1) is 13.8. The maximum atomic E-state index is 13.1. The van der Waals surface area contributed by atoms with E-state index in [1.807, 2.05) is 0 Å². The van der Waals surface area contributed by atoms with E-state index in [2.05, 4.69) is 10.3 Å². The lowest BCUT2D eigenvalue weighted by molar-refractivity contribution is -0.142. The minimum absolute atomic E-state index is 0.0779. The Bertz CT molecular complexity index is 491. The molecule has 6 heteroatoms. The molecule has 2 unspecified atom stereocenters. The normalized spacial score (nSPS) is 34.0. The van der Waals surface area contributed by atoms with Crippen LogP contribution in [0.2, 0.25) is 0 Å². The molecule has 2 aliphatic heterocycles. The number of pyridine rings is 1. The maximum Gasteiger partial charge on any atom is 0.416 e. The fourth-order valence-corrected chi connectivity index (χ4v) is 3.56. The van der Waals surface area contributed by atoms with Gasteiger partial charge in [-0.25, -0.2) is 0 Å². The van der Waals surface area contributed by atoms with Gasteiger partial charge in [0.25, 0.3) is 0 Å². The van der Waals surface area contributed by atoms with Crippen molar-refractivity contribution in [3.8, 4) is 0 Å². The Morgan fingerprint density at radius 3 is 2.50 bits per heavy atom. The number of nitrogens with zero attached hydrogens (tertiary/aromatic N) is 1. The van der Waals surface area contributed by atoms with Gasteiger partial charge in [0, 0.05) is 30.0 Å². The van der Waals surface area contributed by atoms with Crippen molar-refractivity contribution >= 4 is 0 Å². The molecule has 0 amide bonds. The van der Waals surface area contributed by atoms with Crippen molar-refractivity contribution in [2.24, 2.45) is 0 Å². The molecule has 1 aromatic rings. The third kappa shape index (κ3) is 2.42. The van der Waals surface area contributed by atoms with E-state index in [0.717, 1.165) is 31.5 Å². The summed E-state index contributed by atoms with van der Waals surface area (Å²) in [7, 11) is 0. The Hall–Kier alpha value is -1.14. The van der Waals surface area contributed by atoms with Gasteiger partial charge in [-0.15, -0.1) is 0 Å². The van der Waals surface area contributed by atoms with E-state index in [1.54, 1.807) is 0 Å². The van der Waals surface area contributed by atoms with Crippen LogP contribution in [0.1, 0.15) is 43.2 Å². The number of fused-ring (bicyclic) bond motifs is 2. The lowest BCUT2D eigenvalue weighted by atomic mass is 9.73. The average Bonchev–Trinajstić information content (AvgIpc) is 2.37. The second kappa shape index (κ2) is 4.70. The number of rotatable bonds is 1. The highest BCUT2D eigenvalue weighted by molar-refractivity contribution is 5.33. The minimum atomic E-state index is -4.46. The average molecular weight is 286 g/mol. The molecule has 1 aromatic heterocycles. The van der Waals surface area contributed by atoms with Crippen molar-refractivity contribution in [3.63, 3.8) is 0 Å². The SMILES string of the molecule is OC1(c2cnccc2C(F)(F)F)CC2CCCC(C1)N2. The molecule has 20 heavy (non-hydrogen) atoms. The zero-order valence-corrected chi connectivity index (χ0v) is 11.0. The molecule has 2 aliphatic rings. The number of hydrogen-bond acceptors (Lipinski definition) is 3. The summed E-state index contributed by atoms with van der Waals surface area (Å²) in [5, 5.41) is 14.2. The first-order valence-corrected chi connectivity index (χ1v) is 6.89. The van der Waals surface area contributed by atoms with Gasteiger partial charge in [0.15, 0.2) is 0 Å². The summed E-state index contributed by atoms with van der Waals surface area (Å²) in [6, 6.07) is 1.13. The summed E-state index contributed by atoms with van der Waals surface area (Å²) >= 11 is 0. The lowest BCUT2D eigenvalue weighted by Gasteiger charge is -2.45. The Balaban J connectivity index is 2.00. The molecule has 3 rings (SSSR count). The molecule has 0 aromatic carbocycles. The standard InChI is InChI=1S/C14H17F3N2O/c15-14(16,17)11-4-5-18-8-12(11)13(20)6-9-2-1-3-10(7-13)19-9/h4-5,8-10,19-20H,1-3,6-7H2. The molecule has 2 N–H and O–H groups in total. The van der Waals surface area contributed by atoms with Gasteiger partial charge >= 0.3 is 6.18 Å². The molecular formula is C14H17F3N2O. The van der Waals surface area contributed by atoms with Crippen molar-refractivity contribution in [3.05, 3.63) is 29.6 Å². The Morgan fingerprint density at radius 1 is 1.25 bits per heavy atom. The molecule has 0 aliphatic carbocycles. The molecule has 2 fully saturated rings. The number of aliphatic hydroxyl groups is 1. The van der Waals surface area contributed by atoms with Gasteiger partial charge in [-0.3, -0.25) is 4.98 Å². The van der Waals surface area contributed by atoms with Gasteiger partial charge in [0.2, 0.25) is 0 Å². The smallest absolute Gasteiger partial charge is 0.385 e. The van der Waals surface area contributed by atoms with Crippen LogP contribution in [0.4, 0.5) is 13.2 Å². The van der Waals surface area contributed by atoms with Crippen molar-refractivity contribution in [2.75, 3.05) is 0 Å². The summed E-state index contributed by atoms with van der Waals surface area (Å²) in [6.07, 6.45) is 1.34. The second-order valence-corrected chi connectivity index (χ2v) is 5.85. The fourth-order valence-electron chi connectivity index (χ4n) is 3.56. The van der Waals surface area contributed by atoms with E-state index in [0.29, 0.717) is 12.8 Å². The van der Waals surface area contributed by atoms with Gasteiger partial charge in [-0.2, -0.15) is 13.2 Å². The summed E-state index contributed by atoms with van der Waals surface area (Å²) in [5.74, 6) is 0. The van der Waals surface area contributed by atoms with E-state index in [4.69, 9.17) is 0 Å². The number of alkyl halides is 3. The minimum Gasteiger partial charge on any atom is -0.385 e. The number of piperidine rings is 2. The largest absolute Gasteiger partial charge is 0.416 e. The number of halogens is 3. The monoisotopic (exact) mass is 286 g/mol. The highest BCUT2D eigenvalue weighted by Gasteiger charge is 2.46. The molecule has 0 spiro atoms. The molecule has 3 heterocycles. The first-order valence-electron chi connectivity index (χ1n) is 6.89. The molecule has 2 saturated heterocycles. The van der Waals surface area contributed by atoms with Crippen LogP contribution in [0, 0.1) is 0 Å². The lowest BCUT2D eigenvalue weighted by Crippen LogP contribution is -2.54. The quantitative estimate of drug-likeness (QED) is 0.834. The molecule has 3 nitrogen and oxygen atoms in total. The van der Waals surface area contributed by atoms with E-state index in [-0.39, 0.29) is 17.6 Å². The second-order valence-electron chi connectivity index (χ2n) is 5.85. The van der Waals surface area contributed by atoms with Gasteiger partial charge in [0.05, 0.1) is 11.2 Å². The summed E-state index contributed by atoms with van der Waals surface area (Å²) in [5.41, 5.74) is -2.28. The van der Waals surface area contributed by atoms with Crippen molar-refractivity contribution in [2.45, 2.75) is 56.0 Å². The molecule has 0 saturated carbocycles. The third-order valence-electron chi connectivity index (χ3n) is 4.37. The van der Waals surface area contributed by atoms with Crippen LogP contribution in [0.5, 0.6) is 0 Å². The van der Waals surface area contributed by atoms with Crippen LogP contribution in [-0.2, 0) is 11.8 Å². The predicted molar refractivity (Wildman–Crippen MR) is 66.9 cm³/mol. The summed E-state index contributed by atoms with van der Waals surface area (Å²) in [6.45, 7) is 0. The van der Waals surface area contributed by atoms with Crippen LogP contribution in [0.3, 0.4) is 0 Å². The van der Waals surface area contributed by atoms with Crippen LogP contribution in [0.15, 0.2) is 18.5 Å². The van der Waals surface area contributed by atoms with Crippen LogP contribution < -0.4 is 5.32 Å². The number of hydrogen-bond donors (Lipinski definition) is 2. The zero-order valence-electron chi connectivity index (χ0n) is 11.0. The maximum absolute atomic E-state index is 13.1. The predicted octanol–water partition coefficient (Wildman–Crippen LogP) is 2.59. The van der Waals surface area contributed by atoms with E-state index in [9.17, 15) is 18.3 Å². The Morgan fingerprint density at radius 2 is 1.90 bits per heavy atom. The Labute approximate surface area is 115 Å². The highest BCUT2D eigenvalue weighted by Crippen LogP contribution is 2.44. The van der Waals surface area contributed by atoms with Crippen LogP contribution in [0.25, 0.3) is 0 Å². The van der Waals surface area contributed by atoms with Gasteiger partial charge in [-0.05, 0) is 31.7 Å². The van der Waals surface area contributed by atoms with E-state index < -0.39 is 17.3 Å². The molecule has 2 bridgehead atoms. The first-order chi connectivity index (χ1) is 9.38. The molecular weight excluding hydrogens is 269 g/mol. The van der Waals surface area contributed by atoms with Gasteiger partial charge in [0.1, 0.15) is 0 Å². The van der Waals surface area contributed by atoms with Crippen molar-refractivity contribution < 1.29 is 18.3 Å². The number of nitrogens with one attached hydrogen (secondary N) is 1. The van der Waals surface area contributed by atoms with Gasteiger partial charge in [-0.1, -0.05) is 6.42 Å². The summed E-state index contributed by atoms with van der Waals surface area (Å²) < 4.78 is 39.3. The fraction of sp³-hybridized carbons (Fsp3) is 0.643. The molecule has 110 valence electrons. The zero-order chi connectivity index (χ0) is 14.4. The number of aromatic nitrogens is 1. The topological polar surface area (TPSA) is 45.2 Å². The highest BCUT2D eigenvalue weighted by atomic mass is 19.4. The van der Waals surface area contributed by atoms with Crippen LogP contribution >= 0.6 is 0 Å². The van der Waals surface area contributed by atoms with Crippen LogP contribution in [-0.4, -0.2) is 22.2 Å². The summed E-state index contributed by atoms with van der Waals surface area (Å²) in [4.78, 5) is 3.79. The third-order valence-corrected chi connectivity index (χ3v) is 4.37. The van der Waals surface area contributed by atoms with E-state index >= 15 is 0 Å². The van der Waals surface area contributed by atoms with Crippen molar-refractivity contribution in [1.29, 1.82) is 0 Å². The van der Waals surface area contributed by atoms with Crippen molar-refractivity contribution in [1.82, 2.24) is 10.3 Å².